The van der Waals surface area contributed by atoms with Crippen molar-refractivity contribution in [2.45, 2.75) is 24.8 Å². The first-order valence-electron chi connectivity index (χ1n) is 6.50. The fraction of sp³-hybridized carbons (Fsp3) is 0.214. The SMILES string of the molecule is CCc1cccnc1CNc1ccc(S(N)(=O)=O)cc1N. The molecule has 0 atom stereocenters. The number of hydrogen-bond donors (Lipinski definition) is 3. The molecule has 0 unspecified atom stereocenters. The number of aromatic nitrogens is 1. The number of benzene rings is 1. The highest BCUT2D eigenvalue weighted by atomic mass is 32.2. The van der Waals surface area contributed by atoms with Crippen LogP contribution in [0.4, 0.5) is 11.4 Å². The van der Waals surface area contributed by atoms with Crippen molar-refractivity contribution in [1.82, 2.24) is 4.98 Å². The van der Waals surface area contributed by atoms with E-state index >= 15 is 0 Å². The molecule has 21 heavy (non-hydrogen) atoms. The second kappa shape index (κ2) is 6.11. The lowest BCUT2D eigenvalue weighted by atomic mass is 10.1. The molecule has 0 spiro atoms. The summed E-state index contributed by atoms with van der Waals surface area (Å²) in [7, 11) is -3.74. The molecule has 112 valence electrons. The summed E-state index contributed by atoms with van der Waals surface area (Å²) >= 11 is 0. The van der Waals surface area contributed by atoms with E-state index in [-0.39, 0.29) is 4.90 Å². The number of nitrogens with two attached hydrogens (primary N) is 2. The molecular formula is C14H18N4O2S. The Labute approximate surface area is 124 Å². The number of anilines is 2. The van der Waals surface area contributed by atoms with Crippen molar-refractivity contribution in [3.8, 4) is 0 Å². The van der Waals surface area contributed by atoms with Gasteiger partial charge in [-0.3, -0.25) is 4.98 Å². The van der Waals surface area contributed by atoms with Gasteiger partial charge in [-0.05, 0) is 36.2 Å². The second-order valence-electron chi connectivity index (χ2n) is 4.61. The molecule has 0 amide bonds. The van der Waals surface area contributed by atoms with E-state index in [2.05, 4.69) is 17.2 Å². The van der Waals surface area contributed by atoms with E-state index in [1.165, 1.54) is 12.1 Å². The lowest BCUT2D eigenvalue weighted by Crippen LogP contribution is -2.13. The van der Waals surface area contributed by atoms with Crippen LogP contribution in [0.15, 0.2) is 41.4 Å². The normalized spacial score (nSPS) is 11.3. The van der Waals surface area contributed by atoms with Gasteiger partial charge in [-0.25, -0.2) is 13.6 Å². The third-order valence-corrected chi connectivity index (χ3v) is 4.07. The van der Waals surface area contributed by atoms with Gasteiger partial charge in [0.1, 0.15) is 0 Å². The van der Waals surface area contributed by atoms with Gasteiger partial charge in [0.25, 0.3) is 0 Å². The number of nitrogen functional groups attached to an aromatic ring is 1. The molecule has 7 heteroatoms. The monoisotopic (exact) mass is 306 g/mol. The summed E-state index contributed by atoms with van der Waals surface area (Å²) < 4.78 is 22.5. The van der Waals surface area contributed by atoms with Crippen LogP contribution >= 0.6 is 0 Å². The minimum Gasteiger partial charge on any atom is -0.397 e. The number of aryl methyl sites for hydroxylation is 1. The summed E-state index contributed by atoms with van der Waals surface area (Å²) in [6.45, 7) is 2.58. The standard InChI is InChI=1S/C14H18N4O2S/c1-2-10-4-3-7-17-14(10)9-18-13-6-5-11(8-12(13)15)21(16,19)20/h3-8,18H,2,9,15H2,1H3,(H2,16,19,20). The zero-order valence-corrected chi connectivity index (χ0v) is 12.5. The number of primary sulfonamides is 1. The van der Waals surface area contributed by atoms with E-state index in [1.54, 1.807) is 12.3 Å². The average molecular weight is 306 g/mol. The smallest absolute Gasteiger partial charge is 0.238 e. The number of hydrogen-bond acceptors (Lipinski definition) is 5. The first-order valence-corrected chi connectivity index (χ1v) is 8.05. The van der Waals surface area contributed by atoms with Crippen molar-refractivity contribution < 1.29 is 8.42 Å². The van der Waals surface area contributed by atoms with Crippen LogP contribution in [0.1, 0.15) is 18.2 Å². The Bertz CT molecular complexity index is 744. The Hall–Kier alpha value is -2.12. The number of nitrogens with one attached hydrogen (secondary N) is 1. The van der Waals surface area contributed by atoms with Gasteiger partial charge >= 0.3 is 0 Å². The van der Waals surface area contributed by atoms with E-state index in [0.717, 1.165) is 17.7 Å². The summed E-state index contributed by atoms with van der Waals surface area (Å²) in [6, 6.07) is 8.29. The van der Waals surface area contributed by atoms with Crippen LogP contribution in [0.25, 0.3) is 0 Å². The molecule has 2 rings (SSSR count). The number of pyridine rings is 1. The molecule has 2 aromatic rings. The number of nitrogens with zero attached hydrogens (tertiary/aromatic N) is 1. The highest BCUT2D eigenvalue weighted by Gasteiger charge is 2.10. The summed E-state index contributed by atoms with van der Waals surface area (Å²) in [4.78, 5) is 4.33. The minimum atomic E-state index is -3.74. The van der Waals surface area contributed by atoms with Crippen LogP contribution in [0.5, 0.6) is 0 Å². The largest absolute Gasteiger partial charge is 0.397 e. The van der Waals surface area contributed by atoms with Crippen molar-refractivity contribution in [3.63, 3.8) is 0 Å². The molecule has 0 aliphatic carbocycles. The van der Waals surface area contributed by atoms with Gasteiger partial charge in [-0.15, -0.1) is 0 Å². The Morgan fingerprint density at radius 2 is 2.05 bits per heavy atom. The van der Waals surface area contributed by atoms with Crippen LogP contribution in [-0.4, -0.2) is 13.4 Å². The quantitative estimate of drug-likeness (QED) is 0.725. The Morgan fingerprint density at radius 1 is 1.29 bits per heavy atom. The summed E-state index contributed by atoms with van der Waals surface area (Å²) in [5.74, 6) is 0. The Balaban J connectivity index is 2.17. The summed E-state index contributed by atoms with van der Waals surface area (Å²) in [5, 5.41) is 8.22. The number of rotatable bonds is 5. The maximum Gasteiger partial charge on any atom is 0.238 e. The molecule has 0 saturated heterocycles. The topological polar surface area (TPSA) is 111 Å². The Kier molecular flexibility index (Phi) is 4.44. The highest BCUT2D eigenvalue weighted by molar-refractivity contribution is 7.89. The average Bonchev–Trinajstić information content (AvgIpc) is 2.45. The van der Waals surface area contributed by atoms with Crippen LogP contribution in [-0.2, 0) is 23.0 Å². The van der Waals surface area contributed by atoms with Crippen molar-refractivity contribution in [3.05, 3.63) is 47.8 Å². The van der Waals surface area contributed by atoms with Crippen molar-refractivity contribution in [2.75, 3.05) is 11.1 Å². The molecule has 1 aromatic heterocycles. The van der Waals surface area contributed by atoms with Gasteiger partial charge in [-0.1, -0.05) is 13.0 Å². The summed E-state index contributed by atoms with van der Waals surface area (Å²) in [6.07, 6.45) is 2.63. The van der Waals surface area contributed by atoms with Crippen molar-refractivity contribution in [1.29, 1.82) is 0 Å². The maximum absolute atomic E-state index is 11.3. The Morgan fingerprint density at radius 3 is 2.67 bits per heavy atom. The molecule has 0 aliphatic rings. The van der Waals surface area contributed by atoms with Gasteiger partial charge in [0.15, 0.2) is 0 Å². The molecule has 0 radical (unpaired) electrons. The van der Waals surface area contributed by atoms with Crippen LogP contribution in [0.3, 0.4) is 0 Å². The predicted octanol–water partition coefficient (Wildman–Crippen LogP) is 1.49. The lowest BCUT2D eigenvalue weighted by Gasteiger charge is -2.12. The maximum atomic E-state index is 11.3. The first-order chi connectivity index (χ1) is 9.91. The van der Waals surface area contributed by atoms with Gasteiger partial charge in [0.2, 0.25) is 10.0 Å². The van der Waals surface area contributed by atoms with E-state index in [0.29, 0.717) is 17.9 Å². The van der Waals surface area contributed by atoms with Crippen LogP contribution in [0, 0.1) is 0 Å². The van der Waals surface area contributed by atoms with E-state index in [9.17, 15) is 8.42 Å². The zero-order valence-electron chi connectivity index (χ0n) is 11.7. The van der Waals surface area contributed by atoms with Crippen LogP contribution in [0.2, 0.25) is 0 Å². The fourth-order valence-corrected chi connectivity index (χ4v) is 2.56. The molecule has 0 saturated carbocycles. The molecule has 0 bridgehead atoms. The first kappa shape index (κ1) is 15.3. The van der Waals surface area contributed by atoms with Crippen molar-refractivity contribution >= 4 is 21.4 Å². The van der Waals surface area contributed by atoms with Gasteiger partial charge in [0, 0.05) is 6.20 Å². The molecule has 6 nitrogen and oxygen atoms in total. The van der Waals surface area contributed by atoms with E-state index in [1.807, 2.05) is 12.1 Å². The van der Waals surface area contributed by atoms with E-state index < -0.39 is 10.0 Å². The van der Waals surface area contributed by atoms with Gasteiger partial charge in [-0.2, -0.15) is 0 Å². The molecular weight excluding hydrogens is 288 g/mol. The van der Waals surface area contributed by atoms with Gasteiger partial charge < -0.3 is 11.1 Å². The molecule has 0 aliphatic heterocycles. The predicted molar refractivity (Wildman–Crippen MR) is 83.2 cm³/mol. The third kappa shape index (κ3) is 3.71. The van der Waals surface area contributed by atoms with E-state index in [4.69, 9.17) is 10.9 Å². The molecule has 1 heterocycles. The fourth-order valence-electron chi connectivity index (χ4n) is 2.01. The van der Waals surface area contributed by atoms with Crippen LogP contribution < -0.4 is 16.2 Å². The molecule has 5 N–H and O–H groups in total. The number of sulfonamides is 1. The minimum absolute atomic E-state index is 0.00219. The molecule has 1 aromatic carbocycles. The van der Waals surface area contributed by atoms with Crippen molar-refractivity contribution in [2.24, 2.45) is 5.14 Å². The highest BCUT2D eigenvalue weighted by Crippen LogP contribution is 2.22. The lowest BCUT2D eigenvalue weighted by molar-refractivity contribution is 0.598. The third-order valence-electron chi connectivity index (χ3n) is 3.16. The van der Waals surface area contributed by atoms with Gasteiger partial charge in [0.05, 0.1) is 28.5 Å². The summed E-state index contributed by atoms with van der Waals surface area (Å²) in [5.41, 5.74) is 8.92. The molecule has 0 fully saturated rings. The zero-order chi connectivity index (χ0) is 15.5. The second-order valence-corrected chi connectivity index (χ2v) is 6.17.